The highest BCUT2D eigenvalue weighted by Gasteiger charge is 2.25. The summed E-state index contributed by atoms with van der Waals surface area (Å²) in [4.78, 5) is 14.9. The molecule has 0 saturated heterocycles. The first kappa shape index (κ1) is 15.9. The minimum absolute atomic E-state index is 0.0744. The van der Waals surface area contributed by atoms with Gasteiger partial charge >= 0.3 is 0 Å². The van der Waals surface area contributed by atoms with Crippen LogP contribution in [0, 0.1) is 18.2 Å². The van der Waals surface area contributed by atoms with E-state index in [2.05, 4.69) is 0 Å². The molecule has 0 spiro atoms. The highest BCUT2D eigenvalue weighted by molar-refractivity contribution is 7.21. The summed E-state index contributed by atoms with van der Waals surface area (Å²) in [6.07, 6.45) is 0. The summed E-state index contributed by atoms with van der Waals surface area (Å²) in [6, 6.07) is 4.94. The smallest absolute Gasteiger partial charge is 0.263 e. The SMILES string of the molecule is Cc1c(C(=O)N(C)CC(C)(C)CN)sc2cccc(F)c12. The molecule has 1 amide bonds. The number of aryl methyl sites for hydroxylation is 1. The molecule has 0 aliphatic heterocycles. The van der Waals surface area contributed by atoms with Gasteiger partial charge in [-0.15, -0.1) is 11.3 Å². The van der Waals surface area contributed by atoms with Gasteiger partial charge in [0.2, 0.25) is 0 Å². The first-order chi connectivity index (χ1) is 9.76. The molecular weight excluding hydrogens is 287 g/mol. The van der Waals surface area contributed by atoms with E-state index < -0.39 is 0 Å². The van der Waals surface area contributed by atoms with E-state index in [-0.39, 0.29) is 17.1 Å². The van der Waals surface area contributed by atoms with Crippen molar-refractivity contribution in [3.05, 3.63) is 34.5 Å². The molecule has 0 radical (unpaired) electrons. The molecule has 3 nitrogen and oxygen atoms in total. The molecule has 1 aromatic heterocycles. The Morgan fingerprint density at radius 1 is 1.43 bits per heavy atom. The Bertz CT molecular complexity index is 678. The van der Waals surface area contributed by atoms with E-state index in [1.807, 2.05) is 19.9 Å². The van der Waals surface area contributed by atoms with Gasteiger partial charge in [0.05, 0.1) is 4.88 Å². The quantitative estimate of drug-likeness (QED) is 0.941. The van der Waals surface area contributed by atoms with Crippen molar-refractivity contribution in [1.29, 1.82) is 0 Å². The molecule has 0 aliphatic carbocycles. The molecule has 0 atom stereocenters. The number of thiophene rings is 1. The van der Waals surface area contributed by atoms with Crippen LogP contribution in [0.1, 0.15) is 29.1 Å². The zero-order chi connectivity index (χ0) is 15.8. The fraction of sp³-hybridized carbons (Fsp3) is 0.438. The van der Waals surface area contributed by atoms with Crippen LogP contribution < -0.4 is 5.73 Å². The highest BCUT2D eigenvalue weighted by Crippen LogP contribution is 2.33. The number of benzene rings is 1. The van der Waals surface area contributed by atoms with Crippen molar-refractivity contribution < 1.29 is 9.18 Å². The molecule has 0 unspecified atom stereocenters. The van der Waals surface area contributed by atoms with Crippen LogP contribution in [-0.2, 0) is 0 Å². The Balaban J connectivity index is 2.36. The molecule has 1 heterocycles. The van der Waals surface area contributed by atoms with Crippen molar-refractivity contribution in [1.82, 2.24) is 4.90 Å². The molecule has 5 heteroatoms. The number of fused-ring (bicyclic) bond motifs is 1. The molecule has 1 aromatic carbocycles. The van der Waals surface area contributed by atoms with Gasteiger partial charge < -0.3 is 10.6 Å². The Morgan fingerprint density at radius 3 is 2.67 bits per heavy atom. The number of carbonyl (C=O) groups is 1. The van der Waals surface area contributed by atoms with Gasteiger partial charge in [0.1, 0.15) is 5.82 Å². The molecule has 2 aromatic rings. The standard InChI is InChI=1S/C16H21FN2OS/c1-10-13-11(17)6-5-7-12(13)21-14(10)15(20)19(4)9-16(2,3)8-18/h5-7H,8-9,18H2,1-4H3. The topological polar surface area (TPSA) is 46.3 Å². The van der Waals surface area contributed by atoms with Gasteiger partial charge in [-0.05, 0) is 36.6 Å². The maximum atomic E-state index is 13.9. The number of hydrogen-bond donors (Lipinski definition) is 1. The molecule has 0 fully saturated rings. The van der Waals surface area contributed by atoms with Crippen LogP contribution in [0.2, 0.25) is 0 Å². The molecule has 0 saturated carbocycles. The average molecular weight is 308 g/mol. The fourth-order valence-electron chi connectivity index (χ4n) is 2.41. The first-order valence-electron chi connectivity index (χ1n) is 6.90. The second-order valence-corrected chi connectivity index (χ2v) is 7.25. The third-order valence-corrected chi connectivity index (χ3v) is 4.91. The highest BCUT2D eigenvalue weighted by atomic mass is 32.1. The normalized spacial score (nSPS) is 11.9. The van der Waals surface area contributed by atoms with Gasteiger partial charge in [-0.25, -0.2) is 4.39 Å². The third kappa shape index (κ3) is 3.09. The van der Waals surface area contributed by atoms with Crippen LogP contribution >= 0.6 is 11.3 Å². The van der Waals surface area contributed by atoms with E-state index in [1.54, 1.807) is 24.9 Å². The number of nitrogens with zero attached hydrogens (tertiary/aromatic N) is 1. The molecule has 0 bridgehead atoms. The van der Waals surface area contributed by atoms with E-state index in [0.29, 0.717) is 23.4 Å². The number of nitrogens with two attached hydrogens (primary N) is 1. The lowest BCUT2D eigenvalue weighted by molar-refractivity contribution is 0.0745. The lowest BCUT2D eigenvalue weighted by atomic mass is 9.93. The zero-order valence-corrected chi connectivity index (χ0v) is 13.7. The predicted octanol–water partition coefficient (Wildman–Crippen LogP) is 3.41. The zero-order valence-electron chi connectivity index (χ0n) is 12.9. The maximum absolute atomic E-state index is 13.9. The molecule has 0 aliphatic rings. The van der Waals surface area contributed by atoms with Crippen LogP contribution in [0.15, 0.2) is 18.2 Å². The minimum atomic E-state index is -0.273. The van der Waals surface area contributed by atoms with E-state index in [1.165, 1.54) is 17.4 Å². The van der Waals surface area contributed by atoms with Gasteiger partial charge in [0.15, 0.2) is 0 Å². The third-order valence-electron chi connectivity index (χ3n) is 3.66. The van der Waals surface area contributed by atoms with Gasteiger partial charge in [-0.2, -0.15) is 0 Å². The summed E-state index contributed by atoms with van der Waals surface area (Å²) < 4.78 is 14.7. The maximum Gasteiger partial charge on any atom is 0.263 e. The van der Waals surface area contributed by atoms with Gasteiger partial charge in [0, 0.05) is 23.7 Å². The van der Waals surface area contributed by atoms with Gasteiger partial charge in [-0.3, -0.25) is 4.79 Å². The Kier molecular flexibility index (Phi) is 4.35. The molecule has 21 heavy (non-hydrogen) atoms. The Labute approximate surface area is 128 Å². The van der Waals surface area contributed by atoms with Crippen molar-refractivity contribution in [2.45, 2.75) is 20.8 Å². The molecule has 2 rings (SSSR count). The summed E-state index contributed by atoms with van der Waals surface area (Å²) in [5.41, 5.74) is 6.30. The van der Waals surface area contributed by atoms with Crippen LogP contribution in [0.4, 0.5) is 4.39 Å². The summed E-state index contributed by atoms with van der Waals surface area (Å²) in [7, 11) is 1.76. The van der Waals surface area contributed by atoms with Crippen molar-refractivity contribution in [2.75, 3.05) is 20.1 Å². The second kappa shape index (κ2) is 5.73. The predicted molar refractivity (Wildman–Crippen MR) is 86.3 cm³/mol. The molecular formula is C16H21FN2OS. The largest absolute Gasteiger partial charge is 0.340 e. The Hall–Kier alpha value is -1.46. The summed E-state index contributed by atoms with van der Waals surface area (Å²) in [6.45, 7) is 6.92. The van der Waals surface area contributed by atoms with E-state index in [0.717, 1.165) is 10.3 Å². The molecule has 114 valence electrons. The lowest BCUT2D eigenvalue weighted by Gasteiger charge is -2.28. The van der Waals surface area contributed by atoms with E-state index in [4.69, 9.17) is 5.73 Å². The number of amides is 1. The van der Waals surface area contributed by atoms with Crippen molar-refractivity contribution in [3.8, 4) is 0 Å². The fourth-order valence-corrected chi connectivity index (χ4v) is 3.63. The lowest BCUT2D eigenvalue weighted by Crippen LogP contribution is -2.39. The minimum Gasteiger partial charge on any atom is -0.340 e. The van der Waals surface area contributed by atoms with E-state index in [9.17, 15) is 9.18 Å². The second-order valence-electron chi connectivity index (χ2n) is 6.20. The van der Waals surface area contributed by atoms with Crippen LogP contribution in [0.5, 0.6) is 0 Å². The first-order valence-corrected chi connectivity index (χ1v) is 7.71. The number of rotatable bonds is 4. The summed E-state index contributed by atoms with van der Waals surface area (Å²) in [5, 5.41) is 0.553. The van der Waals surface area contributed by atoms with Gasteiger partial charge in [-0.1, -0.05) is 19.9 Å². The van der Waals surface area contributed by atoms with Crippen molar-refractivity contribution >= 4 is 27.3 Å². The van der Waals surface area contributed by atoms with Crippen molar-refractivity contribution in [2.24, 2.45) is 11.1 Å². The number of carbonyl (C=O) groups excluding carboxylic acids is 1. The van der Waals surface area contributed by atoms with Crippen LogP contribution in [-0.4, -0.2) is 30.9 Å². The Morgan fingerprint density at radius 2 is 2.10 bits per heavy atom. The number of halogens is 1. The summed E-state index contributed by atoms with van der Waals surface area (Å²) in [5.74, 6) is -0.347. The average Bonchev–Trinajstić information content (AvgIpc) is 2.76. The monoisotopic (exact) mass is 308 g/mol. The summed E-state index contributed by atoms with van der Waals surface area (Å²) >= 11 is 1.35. The number of hydrogen-bond acceptors (Lipinski definition) is 3. The van der Waals surface area contributed by atoms with Crippen LogP contribution in [0.3, 0.4) is 0 Å². The van der Waals surface area contributed by atoms with Crippen LogP contribution in [0.25, 0.3) is 10.1 Å². The van der Waals surface area contributed by atoms with Gasteiger partial charge in [0.25, 0.3) is 5.91 Å². The van der Waals surface area contributed by atoms with E-state index >= 15 is 0 Å². The molecule has 2 N–H and O–H groups in total. The van der Waals surface area contributed by atoms with Crippen molar-refractivity contribution in [3.63, 3.8) is 0 Å².